The highest BCUT2D eigenvalue weighted by Crippen LogP contribution is 2.16. The molecule has 0 aliphatic heterocycles. The summed E-state index contributed by atoms with van der Waals surface area (Å²) >= 11 is 0. The molecule has 0 unspecified atom stereocenters. The van der Waals surface area contributed by atoms with Crippen LogP contribution in [0.3, 0.4) is 0 Å². The Morgan fingerprint density at radius 3 is 2.74 bits per heavy atom. The van der Waals surface area contributed by atoms with Gasteiger partial charge in [-0.25, -0.2) is 0 Å². The molecule has 2 N–H and O–H groups in total. The third kappa shape index (κ3) is 3.88. The number of rotatable bonds is 5. The SMILES string of the molecule is CCC(=O)Nc1cccc(NCc2ccn(C)c2)c1. The number of hydrogen-bond donors (Lipinski definition) is 2. The van der Waals surface area contributed by atoms with Gasteiger partial charge in [0.05, 0.1) is 0 Å². The molecule has 2 rings (SSSR count). The molecule has 0 fully saturated rings. The van der Waals surface area contributed by atoms with E-state index in [1.165, 1.54) is 5.56 Å². The molecule has 1 aromatic carbocycles. The zero-order valence-corrected chi connectivity index (χ0v) is 11.3. The van der Waals surface area contributed by atoms with Crippen molar-refractivity contribution in [2.24, 2.45) is 7.05 Å². The van der Waals surface area contributed by atoms with Crippen molar-refractivity contribution in [3.63, 3.8) is 0 Å². The highest BCUT2D eigenvalue weighted by molar-refractivity contribution is 5.90. The molecule has 0 radical (unpaired) electrons. The smallest absolute Gasteiger partial charge is 0.224 e. The van der Waals surface area contributed by atoms with E-state index in [4.69, 9.17) is 0 Å². The number of carbonyl (C=O) groups excluding carboxylic acids is 1. The fourth-order valence-electron chi connectivity index (χ4n) is 1.83. The van der Waals surface area contributed by atoms with E-state index < -0.39 is 0 Å². The molecule has 1 aromatic heterocycles. The number of aryl methyl sites for hydroxylation is 1. The Labute approximate surface area is 113 Å². The normalized spacial score (nSPS) is 10.2. The first-order valence-corrected chi connectivity index (χ1v) is 6.42. The maximum Gasteiger partial charge on any atom is 0.224 e. The summed E-state index contributed by atoms with van der Waals surface area (Å²) in [5, 5.41) is 6.19. The molecule has 4 heteroatoms. The van der Waals surface area contributed by atoms with Crippen molar-refractivity contribution in [3.8, 4) is 0 Å². The molecule has 100 valence electrons. The van der Waals surface area contributed by atoms with Crippen molar-refractivity contribution in [1.82, 2.24) is 4.57 Å². The van der Waals surface area contributed by atoms with Gasteiger partial charge in [0.25, 0.3) is 0 Å². The lowest BCUT2D eigenvalue weighted by atomic mass is 10.2. The Morgan fingerprint density at radius 1 is 1.26 bits per heavy atom. The number of anilines is 2. The lowest BCUT2D eigenvalue weighted by Crippen LogP contribution is -2.09. The first kappa shape index (κ1) is 13.2. The van der Waals surface area contributed by atoms with E-state index >= 15 is 0 Å². The summed E-state index contributed by atoms with van der Waals surface area (Å²) in [4.78, 5) is 11.3. The van der Waals surface area contributed by atoms with Crippen LogP contribution < -0.4 is 10.6 Å². The van der Waals surface area contributed by atoms with Gasteiger partial charge in [-0.15, -0.1) is 0 Å². The number of carbonyl (C=O) groups is 1. The van der Waals surface area contributed by atoms with Gasteiger partial charge in [0.1, 0.15) is 0 Å². The maximum atomic E-state index is 11.3. The van der Waals surface area contributed by atoms with Gasteiger partial charge in [0, 0.05) is 43.8 Å². The number of nitrogens with one attached hydrogen (secondary N) is 2. The van der Waals surface area contributed by atoms with Gasteiger partial charge in [-0.05, 0) is 29.8 Å². The maximum absolute atomic E-state index is 11.3. The second-order valence-electron chi connectivity index (χ2n) is 4.52. The molecule has 2 aromatic rings. The standard InChI is InChI=1S/C15H19N3O/c1-3-15(19)17-14-6-4-5-13(9-14)16-10-12-7-8-18(2)11-12/h4-9,11,16H,3,10H2,1-2H3,(H,17,19). The molecule has 0 atom stereocenters. The Morgan fingerprint density at radius 2 is 2.05 bits per heavy atom. The van der Waals surface area contributed by atoms with Crippen LogP contribution in [0.1, 0.15) is 18.9 Å². The molecule has 0 saturated carbocycles. The molecule has 1 amide bonds. The zero-order valence-electron chi connectivity index (χ0n) is 11.3. The Hall–Kier alpha value is -2.23. The van der Waals surface area contributed by atoms with E-state index in [-0.39, 0.29) is 5.91 Å². The minimum Gasteiger partial charge on any atom is -0.381 e. The molecular formula is C15H19N3O. The average Bonchev–Trinajstić information content (AvgIpc) is 2.82. The lowest BCUT2D eigenvalue weighted by Gasteiger charge is -2.08. The van der Waals surface area contributed by atoms with Crippen molar-refractivity contribution in [1.29, 1.82) is 0 Å². The Kier molecular flexibility index (Phi) is 4.23. The van der Waals surface area contributed by atoms with E-state index in [0.717, 1.165) is 17.9 Å². The highest BCUT2D eigenvalue weighted by atomic mass is 16.1. The fourth-order valence-corrected chi connectivity index (χ4v) is 1.83. The summed E-state index contributed by atoms with van der Waals surface area (Å²) < 4.78 is 2.02. The van der Waals surface area contributed by atoms with Crippen LogP contribution in [0.2, 0.25) is 0 Å². The van der Waals surface area contributed by atoms with Crippen LogP contribution in [-0.2, 0) is 18.4 Å². The number of aromatic nitrogens is 1. The molecule has 1 heterocycles. The second-order valence-corrected chi connectivity index (χ2v) is 4.52. The van der Waals surface area contributed by atoms with Crippen LogP contribution in [0.4, 0.5) is 11.4 Å². The van der Waals surface area contributed by atoms with Crippen molar-refractivity contribution < 1.29 is 4.79 Å². The molecule has 0 aliphatic carbocycles. The fraction of sp³-hybridized carbons (Fsp3) is 0.267. The third-order valence-corrected chi connectivity index (χ3v) is 2.86. The van der Waals surface area contributed by atoms with Gasteiger partial charge in [-0.2, -0.15) is 0 Å². The van der Waals surface area contributed by atoms with Crippen molar-refractivity contribution in [2.45, 2.75) is 19.9 Å². The molecular weight excluding hydrogens is 238 g/mol. The summed E-state index contributed by atoms with van der Waals surface area (Å²) in [6.45, 7) is 2.61. The molecule has 4 nitrogen and oxygen atoms in total. The van der Waals surface area contributed by atoms with Gasteiger partial charge in [0.15, 0.2) is 0 Å². The minimum absolute atomic E-state index is 0.0280. The van der Waals surface area contributed by atoms with Crippen LogP contribution in [0, 0.1) is 0 Å². The van der Waals surface area contributed by atoms with Crippen molar-refractivity contribution in [3.05, 3.63) is 48.3 Å². The van der Waals surface area contributed by atoms with E-state index in [1.807, 2.05) is 49.0 Å². The predicted octanol–water partition coefficient (Wildman–Crippen LogP) is 2.99. The topological polar surface area (TPSA) is 46.1 Å². The van der Waals surface area contributed by atoms with E-state index in [9.17, 15) is 4.79 Å². The lowest BCUT2D eigenvalue weighted by molar-refractivity contribution is -0.115. The third-order valence-electron chi connectivity index (χ3n) is 2.86. The second kappa shape index (κ2) is 6.09. The van der Waals surface area contributed by atoms with Crippen LogP contribution in [0.25, 0.3) is 0 Å². The number of nitrogens with zero attached hydrogens (tertiary/aromatic N) is 1. The average molecular weight is 257 g/mol. The van der Waals surface area contributed by atoms with Crippen molar-refractivity contribution >= 4 is 17.3 Å². The van der Waals surface area contributed by atoms with Gasteiger partial charge >= 0.3 is 0 Å². The summed E-state index contributed by atoms with van der Waals surface area (Å²) in [6.07, 6.45) is 4.59. The van der Waals surface area contributed by atoms with Crippen LogP contribution in [-0.4, -0.2) is 10.5 Å². The molecule has 19 heavy (non-hydrogen) atoms. The summed E-state index contributed by atoms with van der Waals surface area (Å²) in [7, 11) is 2.00. The molecule has 0 bridgehead atoms. The molecule has 0 saturated heterocycles. The zero-order chi connectivity index (χ0) is 13.7. The Balaban J connectivity index is 1.97. The van der Waals surface area contributed by atoms with E-state index in [2.05, 4.69) is 22.9 Å². The Bertz CT molecular complexity index is 560. The van der Waals surface area contributed by atoms with Crippen LogP contribution in [0.15, 0.2) is 42.7 Å². The van der Waals surface area contributed by atoms with Crippen LogP contribution >= 0.6 is 0 Å². The largest absolute Gasteiger partial charge is 0.381 e. The summed E-state index contributed by atoms with van der Waals surface area (Å²) in [5.74, 6) is 0.0280. The summed E-state index contributed by atoms with van der Waals surface area (Å²) in [5.41, 5.74) is 3.05. The van der Waals surface area contributed by atoms with Gasteiger partial charge in [-0.1, -0.05) is 13.0 Å². The number of amides is 1. The first-order valence-electron chi connectivity index (χ1n) is 6.42. The van der Waals surface area contributed by atoms with Crippen LogP contribution in [0.5, 0.6) is 0 Å². The summed E-state index contributed by atoms with van der Waals surface area (Å²) in [6, 6.07) is 9.83. The van der Waals surface area contributed by atoms with E-state index in [1.54, 1.807) is 0 Å². The van der Waals surface area contributed by atoms with Gasteiger partial charge in [-0.3, -0.25) is 4.79 Å². The molecule has 0 spiro atoms. The van der Waals surface area contributed by atoms with Gasteiger partial charge in [0.2, 0.25) is 5.91 Å². The quantitative estimate of drug-likeness (QED) is 0.865. The first-order chi connectivity index (χ1) is 9.17. The predicted molar refractivity (Wildman–Crippen MR) is 78.1 cm³/mol. The van der Waals surface area contributed by atoms with E-state index in [0.29, 0.717) is 6.42 Å². The molecule has 0 aliphatic rings. The number of hydrogen-bond acceptors (Lipinski definition) is 2. The minimum atomic E-state index is 0.0280. The monoisotopic (exact) mass is 257 g/mol. The highest BCUT2D eigenvalue weighted by Gasteiger charge is 2.00. The van der Waals surface area contributed by atoms with Crippen molar-refractivity contribution in [2.75, 3.05) is 10.6 Å². The number of benzene rings is 1. The van der Waals surface area contributed by atoms with Gasteiger partial charge < -0.3 is 15.2 Å².